The van der Waals surface area contributed by atoms with Crippen molar-refractivity contribution < 1.29 is 14.3 Å². The second-order valence-corrected chi connectivity index (χ2v) is 9.55. The topological polar surface area (TPSA) is 101 Å². The number of esters is 1. The Balaban J connectivity index is 1.31. The van der Waals surface area contributed by atoms with Crippen LogP contribution in [0.4, 0.5) is 16.5 Å². The van der Waals surface area contributed by atoms with E-state index in [-0.39, 0.29) is 12.7 Å². The summed E-state index contributed by atoms with van der Waals surface area (Å²) >= 11 is 1.47. The largest absolute Gasteiger partial charge is 0.460 e. The van der Waals surface area contributed by atoms with Crippen molar-refractivity contribution in [3.8, 4) is 0 Å². The van der Waals surface area contributed by atoms with Gasteiger partial charge in [-0.3, -0.25) is 0 Å². The average Bonchev–Trinajstić information content (AvgIpc) is 3.37. The molecule has 4 rings (SSSR count). The Labute approximate surface area is 226 Å². The first-order chi connectivity index (χ1) is 18.6. The number of hydrogen-bond donors (Lipinski definition) is 0. The molecule has 0 amide bonds. The Kier molecular flexibility index (Phi) is 9.83. The van der Waals surface area contributed by atoms with Crippen LogP contribution in [0.1, 0.15) is 33.1 Å². The summed E-state index contributed by atoms with van der Waals surface area (Å²) in [7, 11) is 0. The SMILES string of the molecule is C=CC(=O)OCCOC1C=c2sc(N=NC3=CC=C(N=Nc4ccc(N(CC)CC)cc4)CC3)nc2=CC1. The molecule has 1 heterocycles. The van der Waals surface area contributed by atoms with E-state index in [0.29, 0.717) is 18.2 Å². The maximum absolute atomic E-state index is 11.1. The number of anilines is 1. The van der Waals surface area contributed by atoms with Crippen molar-refractivity contribution in [2.45, 2.75) is 39.2 Å². The number of carbonyl (C=O) groups is 1. The number of thiazole rings is 1. The second-order valence-electron chi connectivity index (χ2n) is 8.54. The van der Waals surface area contributed by atoms with Gasteiger partial charge in [-0.05, 0) is 75.6 Å². The number of hydrogen-bond acceptors (Lipinski definition) is 10. The maximum atomic E-state index is 11.1. The maximum Gasteiger partial charge on any atom is 0.330 e. The highest BCUT2D eigenvalue weighted by Gasteiger charge is 2.12. The molecule has 0 spiro atoms. The summed E-state index contributed by atoms with van der Waals surface area (Å²) in [5.41, 5.74) is 3.82. The zero-order valence-electron chi connectivity index (χ0n) is 21.7. The number of aromatic nitrogens is 1. The average molecular weight is 533 g/mol. The van der Waals surface area contributed by atoms with Crippen LogP contribution >= 0.6 is 11.3 Å². The number of nitrogens with zero attached hydrogens (tertiary/aromatic N) is 6. The summed E-state index contributed by atoms with van der Waals surface area (Å²) in [6.07, 6.45) is 11.2. The van der Waals surface area contributed by atoms with Crippen molar-refractivity contribution in [2.24, 2.45) is 20.5 Å². The molecule has 9 nitrogen and oxygen atoms in total. The number of ether oxygens (including phenoxy) is 2. The molecule has 38 heavy (non-hydrogen) atoms. The summed E-state index contributed by atoms with van der Waals surface area (Å²) < 4.78 is 11.7. The van der Waals surface area contributed by atoms with Crippen molar-refractivity contribution in [1.82, 2.24) is 4.98 Å². The molecule has 1 unspecified atom stereocenters. The Bertz CT molecular complexity index is 1370. The minimum Gasteiger partial charge on any atom is -0.460 e. The van der Waals surface area contributed by atoms with Crippen LogP contribution in [0.2, 0.25) is 0 Å². The van der Waals surface area contributed by atoms with Gasteiger partial charge in [0.05, 0.1) is 39.7 Å². The van der Waals surface area contributed by atoms with Gasteiger partial charge in [-0.15, -0.1) is 5.11 Å². The van der Waals surface area contributed by atoms with E-state index in [4.69, 9.17) is 9.47 Å². The molecule has 2 aliphatic carbocycles. The first-order valence-electron chi connectivity index (χ1n) is 12.8. The molecule has 2 aromatic rings. The zero-order valence-corrected chi connectivity index (χ0v) is 22.6. The molecule has 1 atom stereocenters. The number of benzene rings is 1. The van der Waals surface area contributed by atoms with E-state index in [1.165, 1.54) is 17.0 Å². The number of carbonyl (C=O) groups excluding carboxylic acids is 1. The second kappa shape index (κ2) is 13.7. The van der Waals surface area contributed by atoms with Crippen molar-refractivity contribution in [3.63, 3.8) is 0 Å². The minimum absolute atomic E-state index is 0.0886. The summed E-state index contributed by atoms with van der Waals surface area (Å²) in [5, 5.41) is 19.0. The smallest absolute Gasteiger partial charge is 0.330 e. The highest BCUT2D eigenvalue weighted by molar-refractivity contribution is 7.13. The lowest BCUT2D eigenvalue weighted by atomic mass is 10.1. The third kappa shape index (κ3) is 7.62. The first kappa shape index (κ1) is 27.3. The molecule has 1 aromatic carbocycles. The molecule has 0 N–H and O–H groups in total. The molecule has 0 aliphatic heterocycles. The van der Waals surface area contributed by atoms with Crippen LogP contribution in [0.15, 0.2) is 80.9 Å². The van der Waals surface area contributed by atoms with Gasteiger partial charge >= 0.3 is 5.97 Å². The van der Waals surface area contributed by atoms with E-state index in [2.05, 4.69) is 62.9 Å². The molecule has 2 aliphatic rings. The lowest BCUT2D eigenvalue weighted by Crippen LogP contribution is -2.29. The molecule has 198 valence electrons. The van der Waals surface area contributed by atoms with Gasteiger partial charge in [0.1, 0.15) is 6.61 Å². The Morgan fingerprint density at radius 2 is 1.79 bits per heavy atom. The van der Waals surface area contributed by atoms with Crippen molar-refractivity contribution in [2.75, 3.05) is 31.2 Å². The highest BCUT2D eigenvalue weighted by atomic mass is 32.1. The molecule has 10 heteroatoms. The minimum atomic E-state index is -0.451. The fourth-order valence-corrected chi connectivity index (χ4v) is 4.83. The van der Waals surface area contributed by atoms with Gasteiger partial charge in [0.15, 0.2) is 0 Å². The van der Waals surface area contributed by atoms with Crippen LogP contribution in [0.5, 0.6) is 0 Å². The van der Waals surface area contributed by atoms with Crippen LogP contribution in [0.25, 0.3) is 12.2 Å². The normalized spacial score (nSPS) is 16.8. The van der Waals surface area contributed by atoms with E-state index in [9.17, 15) is 4.79 Å². The highest BCUT2D eigenvalue weighted by Crippen LogP contribution is 2.25. The Morgan fingerprint density at radius 3 is 2.45 bits per heavy atom. The monoisotopic (exact) mass is 532 g/mol. The molecule has 0 saturated heterocycles. The molecule has 1 aromatic heterocycles. The van der Waals surface area contributed by atoms with Gasteiger partial charge in [-0.1, -0.05) is 24.0 Å². The van der Waals surface area contributed by atoms with Crippen LogP contribution in [-0.4, -0.2) is 43.4 Å². The molecular formula is C28H32N6O3S. The van der Waals surface area contributed by atoms with Crippen LogP contribution in [0, 0.1) is 0 Å². The number of fused-ring (bicyclic) bond motifs is 1. The lowest BCUT2D eigenvalue weighted by molar-refractivity contribution is -0.139. The number of allylic oxidation sites excluding steroid dienone is 4. The molecular weight excluding hydrogens is 500 g/mol. The van der Waals surface area contributed by atoms with Gasteiger partial charge in [0.2, 0.25) is 5.13 Å². The van der Waals surface area contributed by atoms with Gasteiger partial charge in [0.25, 0.3) is 0 Å². The lowest BCUT2D eigenvalue weighted by Gasteiger charge is -2.20. The first-order valence-corrected chi connectivity index (χ1v) is 13.6. The third-order valence-electron chi connectivity index (χ3n) is 6.02. The summed E-state index contributed by atoms with van der Waals surface area (Å²) in [4.78, 5) is 18.0. The fourth-order valence-electron chi connectivity index (χ4n) is 3.95. The molecule has 0 bridgehead atoms. The van der Waals surface area contributed by atoms with E-state index >= 15 is 0 Å². The van der Waals surface area contributed by atoms with Crippen molar-refractivity contribution >= 4 is 46.0 Å². The summed E-state index contributed by atoms with van der Waals surface area (Å²) in [6, 6.07) is 8.15. The van der Waals surface area contributed by atoms with Gasteiger partial charge in [-0.2, -0.15) is 15.3 Å². The standard InChI is InChI=1S/C28H32N6O3S/c1-4-27(35)37-18-17-36-24-15-16-25-26(19-24)38-28(29-25)33-32-21-9-7-20(8-10-21)30-31-22-11-13-23(14-12-22)34(5-2)6-3/h4,7,9,11-14,16,19,24H,1,5-6,8,10,15,17-18H2,2-3H3. The molecule has 0 radical (unpaired) electrons. The van der Waals surface area contributed by atoms with Gasteiger partial charge in [0, 0.05) is 24.9 Å². The number of azo groups is 2. The van der Waals surface area contributed by atoms with Gasteiger partial charge in [-0.25, -0.2) is 9.78 Å². The Hall–Kier alpha value is -3.76. The van der Waals surface area contributed by atoms with Crippen LogP contribution in [-0.2, 0) is 14.3 Å². The fraction of sp³-hybridized carbons (Fsp3) is 0.357. The van der Waals surface area contributed by atoms with E-state index in [1.54, 1.807) is 0 Å². The van der Waals surface area contributed by atoms with E-state index in [1.807, 2.05) is 36.4 Å². The predicted octanol–water partition coefficient (Wildman–Crippen LogP) is 5.50. The molecule has 0 saturated carbocycles. The Morgan fingerprint density at radius 1 is 1.08 bits per heavy atom. The summed E-state index contributed by atoms with van der Waals surface area (Å²) in [6.45, 7) is 10.1. The predicted molar refractivity (Wildman–Crippen MR) is 150 cm³/mol. The third-order valence-corrected chi connectivity index (χ3v) is 6.94. The van der Waals surface area contributed by atoms with Crippen molar-refractivity contribution in [3.05, 3.63) is 70.3 Å². The van der Waals surface area contributed by atoms with Crippen LogP contribution in [0.3, 0.4) is 0 Å². The van der Waals surface area contributed by atoms with E-state index < -0.39 is 5.97 Å². The van der Waals surface area contributed by atoms with Gasteiger partial charge < -0.3 is 14.4 Å². The zero-order chi connectivity index (χ0) is 26.7. The van der Waals surface area contributed by atoms with Crippen molar-refractivity contribution in [1.29, 1.82) is 0 Å². The summed E-state index contributed by atoms with van der Waals surface area (Å²) in [5.74, 6) is -0.451. The van der Waals surface area contributed by atoms with E-state index in [0.717, 1.165) is 59.0 Å². The molecule has 0 fully saturated rings. The quantitative estimate of drug-likeness (QED) is 0.156. The number of rotatable bonds is 12. The van der Waals surface area contributed by atoms with Crippen LogP contribution < -0.4 is 14.8 Å².